The molecule has 4 nitrogen and oxygen atoms in total. The van der Waals surface area contributed by atoms with Crippen molar-refractivity contribution in [1.29, 1.82) is 0 Å². The molecular weight excluding hydrogens is 379 g/mol. The van der Waals surface area contributed by atoms with Crippen LogP contribution in [-0.2, 0) is 21.4 Å². The highest BCUT2D eigenvalue weighted by molar-refractivity contribution is 5.99. The number of carbonyl (C=O) groups is 2. The average Bonchev–Trinajstić information content (AvgIpc) is 3.55. The molecule has 2 aromatic carbocycles. The molecule has 3 aliphatic rings. The van der Waals surface area contributed by atoms with Crippen LogP contribution in [0.25, 0.3) is 0 Å². The lowest BCUT2D eigenvalue weighted by Gasteiger charge is -2.40. The first kappa shape index (κ1) is 19.3. The Balaban J connectivity index is 1.32. The Bertz CT molecular complexity index is 989. The molecule has 0 aromatic heterocycles. The molecule has 1 saturated carbocycles. The molecule has 1 spiro atoms. The summed E-state index contributed by atoms with van der Waals surface area (Å²) in [6.45, 7) is 3.94. The van der Waals surface area contributed by atoms with Crippen molar-refractivity contribution in [1.82, 2.24) is 4.90 Å². The maximum Gasteiger partial charge on any atom is 0.230 e. The molecule has 0 unspecified atom stereocenters. The highest BCUT2D eigenvalue weighted by Gasteiger charge is 2.49. The molecule has 2 aliphatic heterocycles. The molecule has 0 bridgehead atoms. The van der Waals surface area contributed by atoms with Crippen LogP contribution in [-0.4, -0.2) is 36.3 Å². The third-order valence-electron chi connectivity index (χ3n) is 7.02. The van der Waals surface area contributed by atoms with Gasteiger partial charge in [-0.2, -0.15) is 0 Å². The number of fused-ring (bicyclic) bond motifs is 2. The number of hydrogen-bond donors (Lipinski definition) is 0. The van der Waals surface area contributed by atoms with Gasteiger partial charge in [-0.25, -0.2) is 4.39 Å². The Morgan fingerprint density at radius 3 is 2.43 bits per heavy atom. The number of carbonyl (C=O) groups excluding carboxylic acids is 2. The van der Waals surface area contributed by atoms with E-state index in [2.05, 4.69) is 0 Å². The minimum atomic E-state index is -0.258. The second-order valence-corrected chi connectivity index (χ2v) is 9.18. The first-order valence-electron chi connectivity index (χ1n) is 10.9. The van der Waals surface area contributed by atoms with Crippen LogP contribution in [0.15, 0.2) is 42.5 Å². The third-order valence-corrected chi connectivity index (χ3v) is 7.02. The molecule has 0 radical (unpaired) electrons. The number of benzene rings is 2. The number of piperidine rings is 1. The lowest BCUT2D eigenvalue weighted by molar-refractivity contribution is -0.132. The Labute approximate surface area is 176 Å². The summed E-state index contributed by atoms with van der Waals surface area (Å²) in [6.07, 6.45) is 3.85. The molecule has 0 atom stereocenters. The van der Waals surface area contributed by atoms with Crippen LogP contribution >= 0.6 is 0 Å². The molecule has 30 heavy (non-hydrogen) atoms. The standard InChI is InChI=1S/C25H27FN2O2/c1-17-2-4-18(5-3-17)14-23(29)27-12-10-25(11-13-27)16-28(24(30)19-6-7-19)22-9-8-20(26)15-21(22)25/h2-5,8-9,15,19H,6-7,10-14,16H2,1H3. The number of nitrogens with zero attached hydrogens (tertiary/aromatic N) is 2. The summed E-state index contributed by atoms with van der Waals surface area (Å²) < 4.78 is 14.1. The number of aryl methyl sites for hydroxylation is 1. The molecule has 0 N–H and O–H groups in total. The third kappa shape index (κ3) is 3.40. The average molecular weight is 407 g/mol. The van der Waals surface area contributed by atoms with E-state index < -0.39 is 0 Å². The Morgan fingerprint density at radius 2 is 1.77 bits per heavy atom. The predicted octanol–water partition coefficient (Wildman–Crippen LogP) is 3.99. The molecule has 5 rings (SSSR count). The van der Waals surface area contributed by atoms with Crippen molar-refractivity contribution in [3.05, 3.63) is 65.0 Å². The molecule has 2 aromatic rings. The smallest absolute Gasteiger partial charge is 0.230 e. The van der Waals surface area contributed by atoms with E-state index in [1.54, 1.807) is 12.1 Å². The minimum absolute atomic E-state index is 0.134. The van der Waals surface area contributed by atoms with Gasteiger partial charge in [0.25, 0.3) is 0 Å². The summed E-state index contributed by atoms with van der Waals surface area (Å²) in [6, 6.07) is 12.9. The zero-order valence-electron chi connectivity index (χ0n) is 17.4. The summed E-state index contributed by atoms with van der Waals surface area (Å²) in [5, 5.41) is 0. The number of amides is 2. The van der Waals surface area contributed by atoms with Gasteiger partial charge >= 0.3 is 0 Å². The van der Waals surface area contributed by atoms with Crippen molar-refractivity contribution in [2.45, 2.75) is 44.4 Å². The van der Waals surface area contributed by atoms with Crippen molar-refractivity contribution in [3.63, 3.8) is 0 Å². The SMILES string of the molecule is Cc1ccc(CC(=O)N2CCC3(CC2)CN(C(=O)C2CC2)c2ccc(F)cc23)cc1. The van der Waals surface area contributed by atoms with Gasteiger partial charge in [-0.1, -0.05) is 29.8 Å². The van der Waals surface area contributed by atoms with Crippen LogP contribution in [0.3, 0.4) is 0 Å². The van der Waals surface area contributed by atoms with Gasteiger partial charge in [-0.05, 0) is 61.9 Å². The lowest BCUT2D eigenvalue weighted by atomic mass is 9.74. The molecule has 1 saturated heterocycles. The second-order valence-electron chi connectivity index (χ2n) is 9.18. The molecular formula is C25H27FN2O2. The quantitative estimate of drug-likeness (QED) is 0.773. The van der Waals surface area contributed by atoms with E-state index in [4.69, 9.17) is 0 Å². The van der Waals surface area contributed by atoms with Gasteiger partial charge in [0.2, 0.25) is 11.8 Å². The first-order valence-corrected chi connectivity index (χ1v) is 10.9. The van der Waals surface area contributed by atoms with E-state index in [-0.39, 0.29) is 29.0 Å². The molecule has 1 aliphatic carbocycles. The van der Waals surface area contributed by atoms with Gasteiger partial charge in [0.05, 0.1) is 6.42 Å². The van der Waals surface area contributed by atoms with Gasteiger partial charge in [0, 0.05) is 36.7 Å². The van der Waals surface area contributed by atoms with Crippen LogP contribution in [0.1, 0.15) is 42.4 Å². The number of likely N-dealkylation sites (tertiary alicyclic amines) is 1. The van der Waals surface area contributed by atoms with Gasteiger partial charge in [0.1, 0.15) is 5.82 Å². The molecule has 5 heteroatoms. The van der Waals surface area contributed by atoms with E-state index in [0.717, 1.165) is 42.5 Å². The van der Waals surface area contributed by atoms with Crippen molar-refractivity contribution in [2.75, 3.05) is 24.5 Å². The van der Waals surface area contributed by atoms with Crippen molar-refractivity contribution < 1.29 is 14.0 Å². The predicted molar refractivity (Wildman–Crippen MR) is 114 cm³/mol. The maximum absolute atomic E-state index is 14.1. The lowest BCUT2D eigenvalue weighted by Crippen LogP contribution is -2.48. The van der Waals surface area contributed by atoms with E-state index >= 15 is 0 Å². The van der Waals surface area contributed by atoms with Crippen LogP contribution in [0.4, 0.5) is 10.1 Å². The summed E-state index contributed by atoms with van der Waals surface area (Å²) in [5.41, 5.74) is 3.78. The molecule has 2 heterocycles. The number of rotatable bonds is 3. The van der Waals surface area contributed by atoms with Gasteiger partial charge < -0.3 is 9.80 Å². The van der Waals surface area contributed by atoms with Crippen LogP contribution < -0.4 is 4.90 Å². The minimum Gasteiger partial charge on any atom is -0.342 e. The summed E-state index contributed by atoms with van der Waals surface area (Å²) in [4.78, 5) is 29.5. The summed E-state index contributed by atoms with van der Waals surface area (Å²) in [5.74, 6) is 0.190. The first-order chi connectivity index (χ1) is 14.4. The van der Waals surface area contributed by atoms with Crippen LogP contribution in [0.5, 0.6) is 0 Å². The van der Waals surface area contributed by atoms with Crippen LogP contribution in [0, 0.1) is 18.7 Å². The fourth-order valence-corrected chi connectivity index (χ4v) is 4.99. The largest absolute Gasteiger partial charge is 0.342 e. The van der Waals surface area contributed by atoms with Crippen molar-refractivity contribution >= 4 is 17.5 Å². The van der Waals surface area contributed by atoms with E-state index in [0.29, 0.717) is 26.1 Å². The van der Waals surface area contributed by atoms with Gasteiger partial charge in [-0.15, -0.1) is 0 Å². The fraction of sp³-hybridized carbons (Fsp3) is 0.440. The number of hydrogen-bond acceptors (Lipinski definition) is 2. The normalized spacial score (nSPS) is 19.8. The van der Waals surface area contributed by atoms with Gasteiger partial charge in [-0.3, -0.25) is 9.59 Å². The topological polar surface area (TPSA) is 40.6 Å². The maximum atomic E-state index is 14.1. The summed E-state index contributed by atoms with van der Waals surface area (Å²) in [7, 11) is 0. The number of anilines is 1. The monoisotopic (exact) mass is 406 g/mol. The van der Waals surface area contributed by atoms with Crippen LogP contribution in [0.2, 0.25) is 0 Å². The Kier molecular flexibility index (Phi) is 4.64. The Hall–Kier alpha value is -2.69. The molecule has 156 valence electrons. The van der Waals surface area contributed by atoms with E-state index in [9.17, 15) is 14.0 Å². The summed E-state index contributed by atoms with van der Waals surface area (Å²) >= 11 is 0. The van der Waals surface area contributed by atoms with Crippen molar-refractivity contribution in [2.24, 2.45) is 5.92 Å². The van der Waals surface area contributed by atoms with Crippen molar-refractivity contribution in [3.8, 4) is 0 Å². The van der Waals surface area contributed by atoms with E-state index in [1.165, 1.54) is 11.6 Å². The second kappa shape index (κ2) is 7.22. The highest BCUT2D eigenvalue weighted by atomic mass is 19.1. The fourth-order valence-electron chi connectivity index (χ4n) is 4.99. The van der Waals surface area contributed by atoms with Gasteiger partial charge in [0.15, 0.2) is 0 Å². The highest BCUT2D eigenvalue weighted by Crippen LogP contribution is 2.49. The zero-order valence-corrected chi connectivity index (χ0v) is 17.4. The molecule has 2 fully saturated rings. The molecule has 2 amide bonds. The number of halogens is 1. The van der Waals surface area contributed by atoms with E-state index in [1.807, 2.05) is 41.0 Å². The zero-order chi connectivity index (χ0) is 20.9. The Morgan fingerprint density at radius 1 is 1.07 bits per heavy atom.